The molecule has 154 valence electrons. The number of piperidine rings is 1. The molecule has 0 unspecified atom stereocenters. The Bertz CT molecular complexity index is 870. The first-order valence-corrected chi connectivity index (χ1v) is 10.2. The van der Waals surface area contributed by atoms with Crippen molar-refractivity contribution >= 4 is 5.91 Å². The van der Waals surface area contributed by atoms with Crippen molar-refractivity contribution in [3.8, 4) is 5.75 Å². The van der Waals surface area contributed by atoms with Gasteiger partial charge >= 0.3 is 0 Å². The minimum Gasteiger partial charge on any atom is -0.494 e. The Labute approximate surface area is 170 Å². The monoisotopic (exact) mass is 398 g/mol. The standard InChI is InChI=1S/C23H27FN2O3/c1-29-20-15-17(9-10-19(20)24)22(27)26-14-11-23(28,18-7-3-2-4-8-18)21(16-26)25-12-5-6-13-25/h2-4,7-10,15,21,28H,5-6,11-14,16H2,1H3/t21-,23+/m1/s1. The number of carbonyl (C=O) groups is 1. The molecule has 2 heterocycles. The summed E-state index contributed by atoms with van der Waals surface area (Å²) in [7, 11) is 1.39. The molecule has 0 radical (unpaired) electrons. The number of ether oxygens (including phenoxy) is 1. The molecule has 0 saturated carbocycles. The molecule has 2 aliphatic rings. The van der Waals surface area contributed by atoms with Crippen LogP contribution in [0.2, 0.25) is 0 Å². The summed E-state index contributed by atoms with van der Waals surface area (Å²) in [6.07, 6.45) is 2.66. The number of nitrogens with zero attached hydrogens (tertiary/aromatic N) is 2. The second-order valence-electron chi connectivity index (χ2n) is 7.90. The molecule has 6 heteroatoms. The summed E-state index contributed by atoms with van der Waals surface area (Å²) >= 11 is 0. The molecule has 4 rings (SSSR count). The number of methoxy groups -OCH3 is 1. The Kier molecular flexibility index (Phi) is 5.56. The topological polar surface area (TPSA) is 53.0 Å². The van der Waals surface area contributed by atoms with Gasteiger partial charge < -0.3 is 14.7 Å². The quantitative estimate of drug-likeness (QED) is 0.860. The molecule has 2 aliphatic heterocycles. The number of amides is 1. The van der Waals surface area contributed by atoms with Gasteiger partial charge in [0.05, 0.1) is 13.2 Å². The summed E-state index contributed by atoms with van der Waals surface area (Å²) in [5.41, 5.74) is 0.295. The van der Waals surface area contributed by atoms with Crippen LogP contribution < -0.4 is 4.74 Å². The fourth-order valence-corrected chi connectivity index (χ4v) is 4.62. The van der Waals surface area contributed by atoms with E-state index in [0.29, 0.717) is 25.1 Å². The first-order chi connectivity index (χ1) is 14.0. The molecule has 1 amide bonds. The molecule has 2 aromatic carbocycles. The van der Waals surface area contributed by atoms with Crippen LogP contribution in [0.15, 0.2) is 48.5 Å². The zero-order valence-corrected chi connectivity index (χ0v) is 16.7. The fraction of sp³-hybridized carbons (Fsp3) is 0.435. The highest BCUT2D eigenvalue weighted by Gasteiger charge is 2.47. The smallest absolute Gasteiger partial charge is 0.254 e. The number of carbonyl (C=O) groups excluding carboxylic acids is 1. The summed E-state index contributed by atoms with van der Waals surface area (Å²) in [6, 6.07) is 13.8. The van der Waals surface area contributed by atoms with Crippen molar-refractivity contribution in [2.24, 2.45) is 0 Å². The highest BCUT2D eigenvalue weighted by Crippen LogP contribution is 2.37. The third kappa shape index (κ3) is 3.74. The fourth-order valence-electron chi connectivity index (χ4n) is 4.62. The van der Waals surface area contributed by atoms with Crippen molar-refractivity contribution in [2.45, 2.75) is 30.9 Å². The van der Waals surface area contributed by atoms with E-state index in [1.54, 1.807) is 4.90 Å². The largest absolute Gasteiger partial charge is 0.494 e. The van der Waals surface area contributed by atoms with E-state index in [9.17, 15) is 14.3 Å². The van der Waals surface area contributed by atoms with Crippen LogP contribution in [0, 0.1) is 5.82 Å². The molecule has 2 atom stereocenters. The lowest BCUT2D eigenvalue weighted by atomic mass is 9.79. The Morgan fingerprint density at radius 2 is 1.86 bits per heavy atom. The Morgan fingerprint density at radius 3 is 2.55 bits per heavy atom. The molecule has 1 N–H and O–H groups in total. The zero-order valence-electron chi connectivity index (χ0n) is 16.7. The van der Waals surface area contributed by atoms with Crippen LogP contribution in [0.25, 0.3) is 0 Å². The molecule has 5 nitrogen and oxygen atoms in total. The van der Waals surface area contributed by atoms with E-state index >= 15 is 0 Å². The summed E-state index contributed by atoms with van der Waals surface area (Å²) in [6.45, 7) is 2.72. The maximum atomic E-state index is 13.7. The Balaban J connectivity index is 1.61. The summed E-state index contributed by atoms with van der Waals surface area (Å²) < 4.78 is 18.8. The average Bonchev–Trinajstić information content (AvgIpc) is 3.29. The number of hydrogen-bond donors (Lipinski definition) is 1. The molecular formula is C23H27FN2O3. The maximum Gasteiger partial charge on any atom is 0.254 e. The van der Waals surface area contributed by atoms with Crippen molar-refractivity contribution in [1.29, 1.82) is 0 Å². The van der Waals surface area contributed by atoms with Gasteiger partial charge in [-0.05, 0) is 56.1 Å². The van der Waals surface area contributed by atoms with Gasteiger partial charge in [-0.2, -0.15) is 0 Å². The molecule has 2 aromatic rings. The van der Waals surface area contributed by atoms with E-state index < -0.39 is 11.4 Å². The predicted octanol–water partition coefficient (Wildman–Crippen LogP) is 3.03. The number of likely N-dealkylation sites (tertiary alicyclic amines) is 2. The van der Waals surface area contributed by atoms with Gasteiger partial charge in [-0.15, -0.1) is 0 Å². The third-order valence-electron chi connectivity index (χ3n) is 6.25. The van der Waals surface area contributed by atoms with E-state index in [4.69, 9.17) is 4.74 Å². The van der Waals surface area contributed by atoms with Gasteiger partial charge in [-0.25, -0.2) is 4.39 Å². The molecule has 0 bridgehead atoms. The second kappa shape index (κ2) is 8.13. The molecular weight excluding hydrogens is 371 g/mol. The summed E-state index contributed by atoms with van der Waals surface area (Å²) in [5, 5.41) is 11.7. The third-order valence-corrected chi connectivity index (χ3v) is 6.25. The minimum absolute atomic E-state index is 0.0599. The molecule has 0 aromatic heterocycles. The first-order valence-electron chi connectivity index (χ1n) is 10.2. The van der Waals surface area contributed by atoms with Gasteiger partial charge in [0, 0.05) is 18.7 Å². The van der Waals surface area contributed by atoms with E-state index in [2.05, 4.69) is 4.90 Å². The molecule has 2 saturated heterocycles. The van der Waals surface area contributed by atoms with Gasteiger partial charge in [0.15, 0.2) is 11.6 Å². The van der Waals surface area contributed by atoms with Gasteiger partial charge in [0.25, 0.3) is 5.91 Å². The second-order valence-corrected chi connectivity index (χ2v) is 7.90. The zero-order chi connectivity index (χ0) is 20.4. The predicted molar refractivity (Wildman–Crippen MR) is 108 cm³/mol. The summed E-state index contributed by atoms with van der Waals surface area (Å²) in [4.78, 5) is 17.2. The number of rotatable bonds is 4. The Hall–Kier alpha value is -2.44. The number of halogens is 1. The molecule has 0 aliphatic carbocycles. The lowest BCUT2D eigenvalue weighted by Crippen LogP contribution is -2.61. The highest BCUT2D eigenvalue weighted by molar-refractivity contribution is 5.94. The van der Waals surface area contributed by atoms with Gasteiger partial charge in [0.1, 0.15) is 5.60 Å². The lowest BCUT2D eigenvalue weighted by Gasteiger charge is -2.48. The average molecular weight is 398 g/mol. The van der Waals surface area contributed by atoms with Crippen molar-refractivity contribution in [2.75, 3.05) is 33.3 Å². The van der Waals surface area contributed by atoms with Crippen LogP contribution in [0.1, 0.15) is 35.2 Å². The van der Waals surface area contributed by atoms with E-state index in [-0.39, 0.29) is 17.7 Å². The van der Waals surface area contributed by atoms with Crippen molar-refractivity contribution in [1.82, 2.24) is 9.80 Å². The van der Waals surface area contributed by atoms with E-state index in [1.165, 1.54) is 25.3 Å². The number of benzene rings is 2. The van der Waals surface area contributed by atoms with Crippen molar-refractivity contribution in [3.05, 3.63) is 65.5 Å². The maximum absolute atomic E-state index is 13.7. The molecule has 2 fully saturated rings. The van der Waals surface area contributed by atoms with Crippen LogP contribution >= 0.6 is 0 Å². The minimum atomic E-state index is -0.997. The highest BCUT2D eigenvalue weighted by atomic mass is 19.1. The van der Waals surface area contributed by atoms with E-state index in [0.717, 1.165) is 31.5 Å². The lowest BCUT2D eigenvalue weighted by molar-refractivity contribution is -0.0878. The Morgan fingerprint density at radius 1 is 1.14 bits per heavy atom. The van der Waals surface area contributed by atoms with Crippen LogP contribution in [-0.2, 0) is 5.60 Å². The van der Waals surface area contributed by atoms with Crippen LogP contribution in [0.4, 0.5) is 4.39 Å². The van der Waals surface area contributed by atoms with Crippen molar-refractivity contribution in [3.63, 3.8) is 0 Å². The number of aliphatic hydroxyl groups is 1. The normalized spacial score (nSPS) is 25.2. The summed E-state index contributed by atoms with van der Waals surface area (Å²) in [5.74, 6) is -0.594. The van der Waals surface area contributed by atoms with E-state index in [1.807, 2.05) is 30.3 Å². The van der Waals surface area contributed by atoms with Crippen molar-refractivity contribution < 1.29 is 19.0 Å². The number of hydrogen-bond acceptors (Lipinski definition) is 4. The molecule has 0 spiro atoms. The van der Waals surface area contributed by atoms with Crippen LogP contribution in [0.3, 0.4) is 0 Å². The van der Waals surface area contributed by atoms with Gasteiger partial charge in [-0.1, -0.05) is 30.3 Å². The molecule has 29 heavy (non-hydrogen) atoms. The first kappa shape index (κ1) is 19.9. The van der Waals surface area contributed by atoms with Gasteiger partial charge in [-0.3, -0.25) is 9.69 Å². The van der Waals surface area contributed by atoms with Gasteiger partial charge in [0.2, 0.25) is 0 Å². The SMILES string of the molecule is COc1cc(C(=O)N2CC[C@](O)(c3ccccc3)[C@H](N3CCCC3)C2)ccc1F. The van der Waals surface area contributed by atoms with Crippen LogP contribution in [-0.4, -0.2) is 60.1 Å². The van der Waals surface area contributed by atoms with Crippen LogP contribution in [0.5, 0.6) is 5.75 Å².